The maximum Gasteiger partial charge on any atom is 0.293 e. The first kappa shape index (κ1) is 29.1. The molecule has 4 fully saturated rings. The van der Waals surface area contributed by atoms with Crippen LogP contribution in [0.4, 0.5) is 0 Å². The molecule has 0 saturated heterocycles. The van der Waals surface area contributed by atoms with Crippen LogP contribution in [-0.4, -0.2) is 30.6 Å². The number of hydrogen-bond donors (Lipinski definition) is 1. The summed E-state index contributed by atoms with van der Waals surface area (Å²) in [4.78, 5) is 22.2. The second kappa shape index (κ2) is 14.4. The van der Waals surface area contributed by atoms with E-state index in [-0.39, 0.29) is 5.60 Å². The molecule has 7 atom stereocenters. The molecule has 7 unspecified atom stereocenters. The molecular formula is C28H52O4. The predicted molar refractivity (Wildman–Crippen MR) is 132 cm³/mol. The van der Waals surface area contributed by atoms with Gasteiger partial charge in [0.05, 0.1) is 0 Å². The van der Waals surface area contributed by atoms with Gasteiger partial charge >= 0.3 is 0 Å². The maximum atomic E-state index is 11.5. The molecule has 0 aromatic carbocycles. The van der Waals surface area contributed by atoms with Crippen LogP contribution in [0.1, 0.15) is 118 Å². The van der Waals surface area contributed by atoms with Gasteiger partial charge in [-0.25, -0.2) is 0 Å². The highest BCUT2D eigenvalue weighted by Gasteiger charge is 2.62. The SMILES string of the molecule is CC.CC.CC12CCCCC1CCC1C2CCC2(OC=O)C(CCCC=O)CCC12.CO. The molecule has 1 N–H and O–H groups in total. The lowest BCUT2D eigenvalue weighted by Crippen LogP contribution is -2.57. The van der Waals surface area contributed by atoms with Crippen molar-refractivity contribution in [3.63, 3.8) is 0 Å². The topological polar surface area (TPSA) is 63.6 Å². The van der Waals surface area contributed by atoms with Gasteiger partial charge in [-0.3, -0.25) is 4.79 Å². The van der Waals surface area contributed by atoms with Crippen LogP contribution >= 0.6 is 0 Å². The molecule has 0 radical (unpaired) electrons. The normalized spacial score (nSPS) is 39.0. The number of rotatable bonds is 6. The van der Waals surface area contributed by atoms with E-state index in [9.17, 15) is 9.59 Å². The van der Waals surface area contributed by atoms with Gasteiger partial charge in [-0.2, -0.15) is 0 Å². The minimum atomic E-state index is -0.219. The van der Waals surface area contributed by atoms with Crippen LogP contribution in [0, 0.1) is 35.0 Å². The fraction of sp³-hybridized carbons (Fsp3) is 0.929. The number of aliphatic hydroxyl groups excluding tert-OH is 1. The Morgan fingerprint density at radius 1 is 0.875 bits per heavy atom. The Labute approximate surface area is 198 Å². The van der Waals surface area contributed by atoms with Gasteiger partial charge in [0.15, 0.2) is 0 Å². The number of hydrogen-bond acceptors (Lipinski definition) is 4. The second-order valence-corrected chi connectivity index (χ2v) is 9.98. The summed E-state index contributed by atoms with van der Waals surface area (Å²) >= 11 is 0. The molecule has 0 heterocycles. The number of fused-ring (bicyclic) bond motifs is 5. The predicted octanol–water partition coefficient (Wildman–Crippen LogP) is 6.97. The van der Waals surface area contributed by atoms with Crippen molar-refractivity contribution in [1.82, 2.24) is 0 Å². The molecule has 4 heteroatoms. The Hall–Kier alpha value is -0.900. The van der Waals surface area contributed by atoms with Crippen molar-refractivity contribution in [2.45, 2.75) is 124 Å². The van der Waals surface area contributed by atoms with Gasteiger partial charge in [-0.05, 0) is 93.3 Å². The smallest absolute Gasteiger partial charge is 0.293 e. The molecule has 4 rings (SSSR count). The van der Waals surface area contributed by atoms with E-state index in [1.54, 1.807) is 0 Å². The van der Waals surface area contributed by atoms with Crippen molar-refractivity contribution >= 4 is 12.8 Å². The van der Waals surface area contributed by atoms with Gasteiger partial charge < -0.3 is 14.6 Å². The molecule has 188 valence electrons. The Morgan fingerprint density at radius 3 is 2.25 bits per heavy atom. The quantitative estimate of drug-likeness (QED) is 0.349. The van der Waals surface area contributed by atoms with Crippen LogP contribution in [0.5, 0.6) is 0 Å². The van der Waals surface area contributed by atoms with Crippen molar-refractivity contribution in [2.75, 3.05) is 7.11 Å². The lowest BCUT2D eigenvalue weighted by atomic mass is 9.46. The van der Waals surface area contributed by atoms with Gasteiger partial charge in [-0.1, -0.05) is 47.5 Å². The molecule has 0 aliphatic heterocycles. The highest BCUT2D eigenvalue weighted by molar-refractivity contribution is 5.49. The zero-order chi connectivity index (χ0) is 24.2. The van der Waals surface area contributed by atoms with Crippen LogP contribution in [0.15, 0.2) is 0 Å². The van der Waals surface area contributed by atoms with E-state index in [1.165, 1.54) is 57.8 Å². The van der Waals surface area contributed by atoms with Crippen LogP contribution in [0.3, 0.4) is 0 Å². The molecule has 4 nitrogen and oxygen atoms in total. The first-order valence-corrected chi connectivity index (χ1v) is 13.7. The summed E-state index contributed by atoms with van der Waals surface area (Å²) in [5.41, 5.74) is 0.313. The second-order valence-electron chi connectivity index (χ2n) is 9.98. The largest absolute Gasteiger partial charge is 0.461 e. The fourth-order valence-electron chi connectivity index (χ4n) is 8.19. The summed E-state index contributed by atoms with van der Waals surface area (Å²) in [6.07, 6.45) is 16.8. The van der Waals surface area contributed by atoms with Gasteiger partial charge in [0.2, 0.25) is 0 Å². The molecule has 0 aromatic heterocycles. The summed E-state index contributed by atoms with van der Waals surface area (Å²) in [6.45, 7) is 11.3. The van der Waals surface area contributed by atoms with Gasteiger partial charge in [0.1, 0.15) is 11.9 Å². The minimum Gasteiger partial charge on any atom is -0.461 e. The van der Waals surface area contributed by atoms with Crippen LogP contribution in [-0.2, 0) is 14.3 Å². The van der Waals surface area contributed by atoms with Gasteiger partial charge in [-0.15, -0.1) is 0 Å². The summed E-state index contributed by atoms with van der Waals surface area (Å²) in [5, 5.41) is 7.00. The summed E-state index contributed by atoms with van der Waals surface area (Å²) in [5.74, 6) is 3.55. The maximum absolute atomic E-state index is 11.5. The molecule has 4 aliphatic rings. The van der Waals surface area contributed by atoms with Gasteiger partial charge in [0, 0.05) is 19.4 Å². The molecule has 0 spiro atoms. The molecule has 0 bridgehead atoms. The minimum absolute atomic E-state index is 0.219. The number of aldehydes is 1. The Balaban J connectivity index is 0.000000789. The Kier molecular flexibility index (Phi) is 13.1. The summed E-state index contributed by atoms with van der Waals surface area (Å²) < 4.78 is 5.99. The van der Waals surface area contributed by atoms with Crippen LogP contribution in [0.2, 0.25) is 0 Å². The fourth-order valence-corrected chi connectivity index (χ4v) is 8.19. The van der Waals surface area contributed by atoms with E-state index >= 15 is 0 Å². The van der Waals surface area contributed by atoms with E-state index in [2.05, 4.69) is 6.92 Å². The number of carbonyl (C=O) groups excluding carboxylic acids is 2. The van der Waals surface area contributed by atoms with E-state index in [1.807, 2.05) is 27.7 Å². The van der Waals surface area contributed by atoms with Gasteiger partial charge in [0.25, 0.3) is 6.47 Å². The van der Waals surface area contributed by atoms with Crippen molar-refractivity contribution in [3.05, 3.63) is 0 Å². The third kappa shape index (κ3) is 5.59. The average Bonchev–Trinajstić information content (AvgIpc) is 3.21. The zero-order valence-corrected chi connectivity index (χ0v) is 21.9. The van der Waals surface area contributed by atoms with Crippen molar-refractivity contribution in [1.29, 1.82) is 0 Å². The molecular weight excluding hydrogens is 400 g/mol. The summed E-state index contributed by atoms with van der Waals surface area (Å²) in [7, 11) is 1.00. The number of aliphatic hydroxyl groups is 1. The molecule has 4 saturated carbocycles. The lowest BCUT2D eigenvalue weighted by molar-refractivity contribution is -0.184. The average molecular weight is 453 g/mol. The van der Waals surface area contributed by atoms with Crippen molar-refractivity contribution in [2.24, 2.45) is 35.0 Å². The monoisotopic (exact) mass is 452 g/mol. The Morgan fingerprint density at radius 2 is 1.59 bits per heavy atom. The highest BCUT2D eigenvalue weighted by atomic mass is 16.5. The number of carbonyl (C=O) groups is 2. The summed E-state index contributed by atoms with van der Waals surface area (Å²) in [6, 6.07) is 0. The lowest BCUT2D eigenvalue weighted by Gasteiger charge is -2.60. The zero-order valence-electron chi connectivity index (χ0n) is 21.9. The standard InChI is InChI=1S/C23H36O3.2C2H6.CH4O/c1-22-13-4-2-6-17(22)8-10-19-20(22)12-14-23(26-16-25)18(7-3-5-15-24)9-11-21(19)23;3*1-2/h15-21H,2-14H2,1H3;2*1-2H3;2H,1H3. The first-order chi connectivity index (χ1) is 15.7. The van der Waals surface area contributed by atoms with E-state index < -0.39 is 0 Å². The van der Waals surface area contributed by atoms with E-state index in [0.717, 1.165) is 56.9 Å². The third-order valence-electron chi connectivity index (χ3n) is 9.31. The van der Waals surface area contributed by atoms with Crippen LogP contribution < -0.4 is 0 Å². The van der Waals surface area contributed by atoms with E-state index in [4.69, 9.17) is 9.84 Å². The molecule has 32 heavy (non-hydrogen) atoms. The number of ether oxygens (including phenoxy) is 1. The number of unbranched alkanes of at least 4 members (excludes halogenated alkanes) is 1. The van der Waals surface area contributed by atoms with E-state index in [0.29, 0.717) is 23.7 Å². The highest BCUT2D eigenvalue weighted by Crippen LogP contribution is 2.66. The van der Waals surface area contributed by atoms with Crippen molar-refractivity contribution in [3.8, 4) is 0 Å². The third-order valence-corrected chi connectivity index (χ3v) is 9.31. The first-order valence-electron chi connectivity index (χ1n) is 13.7. The molecule has 0 amide bonds. The molecule has 0 aromatic rings. The van der Waals surface area contributed by atoms with Crippen LogP contribution in [0.25, 0.3) is 0 Å². The Bertz CT molecular complexity index is 536. The molecule has 4 aliphatic carbocycles. The van der Waals surface area contributed by atoms with Crippen molar-refractivity contribution < 1.29 is 19.4 Å².